The SMILES string of the molecule is Cc1ccccc1NC(=O)Cc1nc(COC(=O)Cc2ccc3c(c2)OCCO3)cs1. The first-order chi connectivity index (χ1) is 15.1. The molecule has 0 spiro atoms. The van der Waals surface area contributed by atoms with Crippen molar-refractivity contribution < 1.29 is 23.8 Å². The Labute approximate surface area is 184 Å². The Morgan fingerprint density at radius 1 is 1.10 bits per heavy atom. The fraction of sp³-hybridized carbons (Fsp3) is 0.261. The molecule has 0 fully saturated rings. The molecule has 0 unspecified atom stereocenters. The monoisotopic (exact) mass is 438 g/mol. The molecule has 2 aromatic carbocycles. The van der Waals surface area contributed by atoms with Gasteiger partial charge in [0.25, 0.3) is 0 Å². The van der Waals surface area contributed by atoms with Gasteiger partial charge in [-0.15, -0.1) is 11.3 Å². The Bertz CT molecular complexity index is 1100. The van der Waals surface area contributed by atoms with Crippen molar-refractivity contribution in [1.29, 1.82) is 0 Å². The predicted molar refractivity (Wildman–Crippen MR) is 117 cm³/mol. The number of nitrogens with zero attached hydrogens (tertiary/aromatic N) is 1. The fourth-order valence-electron chi connectivity index (χ4n) is 3.11. The van der Waals surface area contributed by atoms with Gasteiger partial charge in [0, 0.05) is 11.1 Å². The van der Waals surface area contributed by atoms with Crippen LogP contribution >= 0.6 is 11.3 Å². The van der Waals surface area contributed by atoms with Crippen molar-refractivity contribution in [3.05, 3.63) is 69.7 Å². The number of para-hydroxylation sites is 1. The molecule has 1 aliphatic rings. The number of anilines is 1. The van der Waals surface area contributed by atoms with E-state index in [9.17, 15) is 9.59 Å². The van der Waals surface area contributed by atoms with Crippen LogP contribution in [0.2, 0.25) is 0 Å². The largest absolute Gasteiger partial charge is 0.486 e. The van der Waals surface area contributed by atoms with E-state index in [4.69, 9.17) is 14.2 Å². The molecule has 0 saturated heterocycles. The third-order valence-corrected chi connectivity index (χ3v) is 5.56. The highest BCUT2D eigenvalue weighted by molar-refractivity contribution is 7.09. The van der Waals surface area contributed by atoms with Crippen LogP contribution in [0.15, 0.2) is 47.8 Å². The quantitative estimate of drug-likeness (QED) is 0.566. The van der Waals surface area contributed by atoms with Crippen LogP contribution in [0, 0.1) is 6.92 Å². The maximum atomic E-state index is 12.3. The van der Waals surface area contributed by atoms with Gasteiger partial charge in [-0.25, -0.2) is 4.98 Å². The number of aromatic nitrogens is 1. The zero-order chi connectivity index (χ0) is 21.6. The Morgan fingerprint density at radius 2 is 1.90 bits per heavy atom. The Morgan fingerprint density at radius 3 is 2.74 bits per heavy atom. The molecule has 1 aliphatic heterocycles. The minimum atomic E-state index is -0.358. The van der Waals surface area contributed by atoms with Crippen LogP contribution in [0.4, 0.5) is 5.69 Å². The molecule has 7 nitrogen and oxygen atoms in total. The van der Waals surface area contributed by atoms with Crippen LogP contribution in [0.25, 0.3) is 0 Å². The molecule has 0 bridgehead atoms. The maximum Gasteiger partial charge on any atom is 0.310 e. The molecular weight excluding hydrogens is 416 g/mol. The number of ether oxygens (including phenoxy) is 3. The Hall–Kier alpha value is -3.39. The number of nitrogens with one attached hydrogen (secondary N) is 1. The lowest BCUT2D eigenvalue weighted by atomic mass is 10.1. The maximum absolute atomic E-state index is 12.3. The van der Waals surface area contributed by atoms with E-state index in [1.54, 1.807) is 17.5 Å². The third-order valence-electron chi connectivity index (χ3n) is 4.67. The minimum Gasteiger partial charge on any atom is -0.486 e. The van der Waals surface area contributed by atoms with Gasteiger partial charge in [0.05, 0.1) is 18.5 Å². The highest BCUT2D eigenvalue weighted by Gasteiger charge is 2.15. The van der Waals surface area contributed by atoms with Crippen LogP contribution in [0.5, 0.6) is 11.5 Å². The van der Waals surface area contributed by atoms with Crippen molar-refractivity contribution in [3.63, 3.8) is 0 Å². The smallest absolute Gasteiger partial charge is 0.310 e. The summed E-state index contributed by atoms with van der Waals surface area (Å²) in [6.45, 7) is 3.03. The molecule has 1 amide bonds. The minimum absolute atomic E-state index is 0.0687. The second kappa shape index (κ2) is 9.61. The summed E-state index contributed by atoms with van der Waals surface area (Å²) in [6.07, 6.45) is 0.302. The summed E-state index contributed by atoms with van der Waals surface area (Å²) in [5, 5.41) is 5.36. The van der Waals surface area contributed by atoms with E-state index in [1.165, 1.54) is 11.3 Å². The van der Waals surface area contributed by atoms with Crippen molar-refractivity contribution in [2.24, 2.45) is 0 Å². The first-order valence-electron chi connectivity index (χ1n) is 9.90. The molecule has 0 radical (unpaired) electrons. The van der Waals surface area contributed by atoms with E-state index in [2.05, 4.69) is 10.3 Å². The highest BCUT2D eigenvalue weighted by Crippen LogP contribution is 2.31. The predicted octanol–water partition coefficient (Wildman–Crippen LogP) is 3.69. The van der Waals surface area contributed by atoms with E-state index in [1.807, 2.05) is 37.3 Å². The van der Waals surface area contributed by atoms with Gasteiger partial charge in [-0.3, -0.25) is 9.59 Å². The lowest BCUT2D eigenvalue weighted by molar-refractivity contribution is -0.144. The average molecular weight is 439 g/mol. The van der Waals surface area contributed by atoms with Crippen LogP contribution < -0.4 is 14.8 Å². The number of carbonyl (C=O) groups excluding carboxylic acids is 2. The molecule has 0 aliphatic carbocycles. The molecule has 0 saturated carbocycles. The average Bonchev–Trinajstić information content (AvgIpc) is 3.21. The summed E-state index contributed by atoms with van der Waals surface area (Å²) in [5.41, 5.74) is 3.21. The Kier molecular flexibility index (Phi) is 6.47. The molecule has 3 aromatic rings. The van der Waals surface area contributed by atoms with Crippen LogP contribution in [-0.4, -0.2) is 30.1 Å². The van der Waals surface area contributed by atoms with Crippen molar-refractivity contribution >= 4 is 28.9 Å². The molecule has 8 heteroatoms. The number of rotatable bonds is 7. The molecule has 1 aromatic heterocycles. The number of hydrogen-bond donors (Lipinski definition) is 1. The molecule has 31 heavy (non-hydrogen) atoms. The van der Waals surface area contributed by atoms with Crippen LogP contribution in [0.1, 0.15) is 21.8 Å². The van der Waals surface area contributed by atoms with Crippen LogP contribution in [-0.2, 0) is 33.8 Å². The topological polar surface area (TPSA) is 86.8 Å². The molecule has 2 heterocycles. The first-order valence-corrected chi connectivity index (χ1v) is 10.8. The van der Waals surface area contributed by atoms with Gasteiger partial charge in [-0.2, -0.15) is 0 Å². The summed E-state index contributed by atoms with van der Waals surface area (Å²) in [7, 11) is 0. The molecule has 0 atom stereocenters. The third kappa shape index (κ3) is 5.61. The summed E-state index contributed by atoms with van der Waals surface area (Å²) in [5.74, 6) is 0.837. The number of hydrogen-bond acceptors (Lipinski definition) is 7. The van der Waals surface area contributed by atoms with Gasteiger partial charge in [0.15, 0.2) is 11.5 Å². The van der Waals surface area contributed by atoms with E-state index < -0.39 is 0 Å². The van der Waals surface area contributed by atoms with Crippen molar-refractivity contribution in [2.45, 2.75) is 26.4 Å². The summed E-state index contributed by atoms with van der Waals surface area (Å²) < 4.78 is 16.4. The summed E-state index contributed by atoms with van der Waals surface area (Å²) in [4.78, 5) is 28.9. The standard InChI is InChI=1S/C23H22N2O5S/c1-15-4-2-3-5-18(15)25-21(26)12-22-24-17(14-31-22)13-30-23(27)11-16-6-7-19-20(10-16)29-9-8-28-19/h2-7,10,14H,8-9,11-13H2,1H3,(H,25,26). The van der Waals surface area contributed by atoms with E-state index >= 15 is 0 Å². The fourth-order valence-corrected chi connectivity index (χ4v) is 3.89. The second-order valence-electron chi connectivity index (χ2n) is 7.09. The summed E-state index contributed by atoms with van der Waals surface area (Å²) >= 11 is 1.37. The molecule has 4 rings (SSSR count). The van der Waals surface area contributed by atoms with Gasteiger partial charge < -0.3 is 19.5 Å². The highest BCUT2D eigenvalue weighted by atomic mass is 32.1. The van der Waals surface area contributed by atoms with E-state index in [0.29, 0.717) is 35.4 Å². The molecular formula is C23H22N2O5S. The van der Waals surface area contributed by atoms with Gasteiger partial charge in [-0.1, -0.05) is 24.3 Å². The van der Waals surface area contributed by atoms with Crippen molar-refractivity contribution in [2.75, 3.05) is 18.5 Å². The number of esters is 1. The zero-order valence-corrected chi connectivity index (χ0v) is 17.9. The first kappa shape index (κ1) is 20.9. The Balaban J connectivity index is 1.25. The number of benzene rings is 2. The van der Waals surface area contributed by atoms with Gasteiger partial charge in [0.1, 0.15) is 24.8 Å². The van der Waals surface area contributed by atoms with Gasteiger partial charge in [0.2, 0.25) is 5.91 Å². The van der Waals surface area contributed by atoms with Crippen molar-refractivity contribution in [1.82, 2.24) is 4.98 Å². The van der Waals surface area contributed by atoms with Crippen molar-refractivity contribution in [3.8, 4) is 11.5 Å². The lowest BCUT2D eigenvalue weighted by Crippen LogP contribution is -2.16. The van der Waals surface area contributed by atoms with Gasteiger partial charge >= 0.3 is 5.97 Å². The second-order valence-corrected chi connectivity index (χ2v) is 8.03. The number of carbonyl (C=O) groups is 2. The van der Waals surface area contributed by atoms with Crippen LogP contribution in [0.3, 0.4) is 0 Å². The normalized spacial score (nSPS) is 12.3. The zero-order valence-electron chi connectivity index (χ0n) is 17.1. The van der Waals surface area contributed by atoms with E-state index in [-0.39, 0.29) is 31.3 Å². The lowest BCUT2D eigenvalue weighted by Gasteiger charge is -2.18. The van der Waals surface area contributed by atoms with Gasteiger partial charge in [-0.05, 0) is 36.2 Å². The molecule has 160 valence electrons. The van der Waals surface area contributed by atoms with E-state index in [0.717, 1.165) is 16.8 Å². The molecule has 1 N–H and O–H groups in total. The number of fused-ring (bicyclic) bond motifs is 1. The summed E-state index contributed by atoms with van der Waals surface area (Å²) in [6, 6.07) is 13.0. The number of thiazole rings is 1. The number of aryl methyl sites for hydroxylation is 1. The number of amides is 1.